The van der Waals surface area contributed by atoms with Crippen LogP contribution in [0.2, 0.25) is 0 Å². The quantitative estimate of drug-likeness (QED) is 0.528. The van der Waals surface area contributed by atoms with E-state index in [1.807, 2.05) is 62.4 Å². The van der Waals surface area contributed by atoms with Crippen LogP contribution in [0.1, 0.15) is 16.7 Å². The topological polar surface area (TPSA) is 84.9 Å². The first-order valence-corrected chi connectivity index (χ1v) is 12.6. The Kier molecular flexibility index (Phi) is 7.19. The molecule has 4 rings (SSSR count). The standard InChI is InChI=1S/C26H28N2O5S/c1-19-8-9-22(16-20(19)2)27-26(29)18-28(13-12-21-6-4-3-5-7-21)34(30,31)23-10-11-24-25(17-23)33-15-14-32-24/h3-11,16-17H,12-15,18H2,1-2H3,(H,27,29). The van der Waals surface area contributed by atoms with E-state index >= 15 is 0 Å². The van der Waals surface area contributed by atoms with E-state index in [1.165, 1.54) is 16.4 Å². The highest BCUT2D eigenvalue weighted by atomic mass is 32.2. The minimum Gasteiger partial charge on any atom is -0.486 e. The lowest BCUT2D eigenvalue weighted by atomic mass is 10.1. The number of carbonyl (C=O) groups is 1. The molecule has 178 valence electrons. The van der Waals surface area contributed by atoms with Crippen LogP contribution in [0.15, 0.2) is 71.6 Å². The second-order valence-corrected chi connectivity index (χ2v) is 10.2. The zero-order valence-corrected chi connectivity index (χ0v) is 20.1. The maximum atomic E-state index is 13.6. The molecule has 0 spiro atoms. The van der Waals surface area contributed by atoms with E-state index in [9.17, 15) is 13.2 Å². The number of sulfonamides is 1. The number of nitrogens with one attached hydrogen (secondary N) is 1. The highest BCUT2D eigenvalue weighted by Gasteiger charge is 2.28. The van der Waals surface area contributed by atoms with Crippen LogP contribution in [-0.4, -0.2) is 44.9 Å². The first-order chi connectivity index (χ1) is 16.3. The Morgan fingerprint density at radius 2 is 1.65 bits per heavy atom. The number of nitrogens with zero attached hydrogens (tertiary/aromatic N) is 1. The van der Waals surface area contributed by atoms with E-state index in [-0.39, 0.29) is 18.0 Å². The van der Waals surface area contributed by atoms with Crippen LogP contribution in [0.3, 0.4) is 0 Å². The van der Waals surface area contributed by atoms with E-state index in [0.717, 1.165) is 16.7 Å². The predicted octanol–water partition coefficient (Wildman–Crippen LogP) is 3.95. The molecule has 8 heteroatoms. The smallest absolute Gasteiger partial charge is 0.243 e. The molecule has 7 nitrogen and oxygen atoms in total. The molecule has 3 aromatic carbocycles. The van der Waals surface area contributed by atoms with Gasteiger partial charge in [-0.05, 0) is 61.2 Å². The number of fused-ring (bicyclic) bond motifs is 1. The summed E-state index contributed by atoms with van der Waals surface area (Å²) < 4.78 is 39.4. The van der Waals surface area contributed by atoms with E-state index in [1.54, 1.807) is 6.07 Å². The van der Waals surface area contributed by atoms with Crippen LogP contribution in [0.25, 0.3) is 0 Å². The first-order valence-electron chi connectivity index (χ1n) is 11.1. The van der Waals surface area contributed by atoms with Crippen molar-refractivity contribution in [3.05, 3.63) is 83.4 Å². The third kappa shape index (κ3) is 5.58. The second-order valence-electron chi connectivity index (χ2n) is 8.23. The zero-order chi connectivity index (χ0) is 24.1. The van der Waals surface area contributed by atoms with Gasteiger partial charge in [-0.2, -0.15) is 4.31 Å². The zero-order valence-electron chi connectivity index (χ0n) is 19.3. The molecule has 1 N–H and O–H groups in total. The maximum absolute atomic E-state index is 13.6. The number of carbonyl (C=O) groups excluding carboxylic acids is 1. The van der Waals surface area contributed by atoms with Crippen molar-refractivity contribution >= 4 is 21.6 Å². The van der Waals surface area contributed by atoms with Crippen molar-refractivity contribution < 1.29 is 22.7 Å². The highest BCUT2D eigenvalue weighted by molar-refractivity contribution is 7.89. The average Bonchev–Trinajstić information content (AvgIpc) is 2.84. The van der Waals surface area contributed by atoms with Gasteiger partial charge >= 0.3 is 0 Å². The molecule has 0 unspecified atom stereocenters. The summed E-state index contributed by atoms with van der Waals surface area (Å²) in [5.41, 5.74) is 3.78. The number of anilines is 1. The molecule has 0 radical (unpaired) electrons. The number of aryl methyl sites for hydroxylation is 2. The van der Waals surface area contributed by atoms with Crippen LogP contribution < -0.4 is 14.8 Å². The second kappa shape index (κ2) is 10.3. The van der Waals surface area contributed by atoms with Gasteiger partial charge in [-0.1, -0.05) is 36.4 Å². The Labute approximate surface area is 200 Å². The van der Waals surface area contributed by atoms with Crippen molar-refractivity contribution in [2.24, 2.45) is 0 Å². The minimum atomic E-state index is -3.97. The number of amides is 1. The molecule has 0 aromatic heterocycles. The first kappa shape index (κ1) is 23.8. The SMILES string of the molecule is Cc1ccc(NC(=O)CN(CCc2ccccc2)S(=O)(=O)c2ccc3c(c2)OCCO3)cc1C. The van der Waals surface area contributed by atoms with Crippen molar-refractivity contribution in [3.63, 3.8) is 0 Å². The van der Waals surface area contributed by atoms with Crippen LogP contribution in [-0.2, 0) is 21.2 Å². The predicted molar refractivity (Wildman–Crippen MR) is 131 cm³/mol. The molecular weight excluding hydrogens is 452 g/mol. The fraction of sp³-hybridized carbons (Fsp3) is 0.269. The largest absolute Gasteiger partial charge is 0.486 e. The summed E-state index contributed by atoms with van der Waals surface area (Å²) >= 11 is 0. The number of rotatable bonds is 8. The van der Waals surface area contributed by atoms with Crippen LogP contribution in [0, 0.1) is 13.8 Å². The molecule has 0 atom stereocenters. The third-order valence-electron chi connectivity index (χ3n) is 5.75. The molecule has 1 amide bonds. The average molecular weight is 481 g/mol. The summed E-state index contributed by atoms with van der Waals surface area (Å²) in [5, 5.41) is 2.82. The van der Waals surface area contributed by atoms with Crippen molar-refractivity contribution in [2.75, 3.05) is 31.6 Å². The van der Waals surface area contributed by atoms with Crippen molar-refractivity contribution in [1.29, 1.82) is 0 Å². The van der Waals surface area contributed by atoms with Gasteiger partial charge in [-0.3, -0.25) is 4.79 Å². The normalized spacial score (nSPS) is 13.0. The van der Waals surface area contributed by atoms with Gasteiger partial charge in [-0.25, -0.2) is 8.42 Å². The Balaban J connectivity index is 1.57. The number of hydrogen-bond donors (Lipinski definition) is 1. The highest BCUT2D eigenvalue weighted by Crippen LogP contribution is 2.33. The number of hydrogen-bond acceptors (Lipinski definition) is 5. The lowest BCUT2D eigenvalue weighted by molar-refractivity contribution is -0.116. The van der Waals surface area contributed by atoms with Gasteiger partial charge in [0.05, 0.1) is 11.4 Å². The van der Waals surface area contributed by atoms with Gasteiger partial charge < -0.3 is 14.8 Å². The van der Waals surface area contributed by atoms with Crippen molar-refractivity contribution in [1.82, 2.24) is 4.31 Å². The molecule has 0 saturated carbocycles. The monoisotopic (exact) mass is 480 g/mol. The van der Waals surface area contributed by atoms with E-state index in [4.69, 9.17) is 9.47 Å². The molecule has 0 aliphatic carbocycles. The Hall–Kier alpha value is -3.36. The summed E-state index contributed by atoms with van der Waals surface area (Å²) in [6.45, 7) is 4.57. The fourth-order valence-electron chi connectivity index (χ4n) is 3.70. The summed E-state index contributed by atoms with van der Waals surface area (Å²) in [6.07, 6.45) is 0.474. The summed E-state index contributed by atoms with van der Waals surface area (Å²) in [7, 11) is -3.97. The van der Waals surface area contributed by atoms with E-state index in [2.05, 4.69) is 5.32 Å². The Morgan fingerprint density at radius 3 is 2.38 bits per heavy atom. The maximum Gasteiger partial charge on any atom is 0.243 e. The molecule has 3 aromatic rings. The van der Waals surface area contributed by atoms with Gasteiger partial charge in [0.15, 0.2) is 11.5 Å². The molecule has 0 saturated heterocycles. The third-order valence-corrected chi connectivity index (χ3v) is 7.60. The van der Waals surface area contributed by atoms with Crippen molar-refractivity contribution in [2.45, 2.75) is 25.2 Å². The minimum absolute atomic E-state index is 0.0591. The van der Waals surface area contributed by atoms with Gasteiger partial charge in [0, 0.05) is 18.3 Å². The van der Waals surface area contributed by atoms with Crippen LogP contribution in [0.4, 0.5) is 5.69 Å². The lowest BCUT2D eigenvalue weighted by Crippen LogP contribution is -2.39. The number of ether oxygens (including phenoxy) is 2. The van der Waals surface area contributed by atoms with Crippen LogP contribution >= 0.6 is 0 Å². The molecular formula is C26H28N2O5S. The van der Waals surface area contributed by atoms with E-state index in [0.29, 0.717) is 36.8 Å². The molecule has 0 fully saturated rings. The lowest BCUT2D eigenvalue weighted by Gasteiger charge is -2.24. The van der Waals surface area contributed by atoms with Gasteiger partial charge in [-0.15, -0.1) is 0 Å². The van der Waals surface area contributed by atoms with Crippen molar-refractivity contribution in [3.8, 4) is 11.5 Å². The van der Waals surface area contributed by atoms with Gasteiger partial charge in [0.1, 0.15) is 13.2 Å². The molecule has 1 heterocycles. The summed E-state index contributed by atoms with van der Waals surface area (Å²) in [5.74, 6) is 0.487. The number of benzene rings is 3. The van der Waals surface area contributed by atoms with Gasteiger partial charge in [0.25, 0.3) is 0 Å². The summed E-state index contributed by atoms with van der Waals surface area (Å²) in [6, 6.07) is 19.7. The molecule has 1 aliphatic rings. The summed E-state index contributed by atoms with van der Waals surface area (Å²) in [4.78, 5) is 12.9. The molecule has 34 heavy (non-hydrogen) atoms. The Morgan fingerprint density at radius 1 is 0.912 bits per heavy atom. The fourth-order valence-corrected chi connectivity index (χ4v) is 5.11. The van der Waals surface area contributed by atoms with Gasteiger partial charge in [0.2, 0.25) is 15.9 Å². The Bertz CT molecular complexity index is 1280. The van der Waals surface area contributed by atoms with Crippen LogP contribution in [0.5, 0.6) is 11.5 Å². The molecule has 1 aliphatic heterocycles. The van der Waals surface area contributed by atoms with E-state index < -0.39 is 15.9 Å². The molecule has 0 bridgehead atoms.